The molecule has 2 aromatic heterocycles. The molecule has 1 fully saturated rings. The van der Waals surface area contributed by atoms with Crippen molar-refractivity contribution in [1.29, 1.82) is 5.26 Å². The fourth-order valence-electron chi connectivity index (χ4n) is 5.38. The van der Waals surface area contributed by atoms with E-state index in [1.54, 1.807) is 0 Å². The van der Waals surface area contributed by atoms with Gasteiger partial charge in [-0.1, -0.05) is 20.8 Å². The van der Waals surface area contributed by atoms with Gasteiger partial charge in [-0.25, -0.2) is 14.8 Å². The van der Waals surface area contributed by atoms with Gasteiger partial charge < -0.3 is 37.1 Å². The quantitative estimate of drug-likeness (QED) is 0.0709. The van der Waals surface area contributed by atoms with Crippen LogP contribution in [0.5, 0.6) is 5.88 Å². The number of carboxylic acids is 1. The van der Waals surface area contributed by atoms with Gasteiger partial charge >= 0.3 is 5.97 Å². The Kier molecular flexibility index (Phi) is 20.2. The van der Waals surface area contributed by atoms with E-state index in [2.05, 4.69) is 51.9 Å². The number of terminal acetylenes is 1. The minimum atomic E-state index is -1.28. The van der Waals surface area contributed by atoms with Crippen LogP contribution in [0.1, 0.15) is 85.4 Å². The number of nitrogens with two attached hydrogens (primary N) is 3. The number of carbonyl (C=O) groups is 2. The number of aryl methyl sites for hydroxylation is 1. The zero-order chi connectivity index (χ0) is 36.4. The van der Waals surface area contributed by atoms with E-state index in [-0.39, 0.29) is 36.9 Å². The van der Waals surface area contributed by atoms with E-state index < -0.39 is 17.4 Å². The molecule has 1 saturated heterocycles. The molecule has 0 spiro atoms. The van der Waals surface area contributed by atoms with Gasteiger partial charge in [-0.15, -0.1) is 37.3 Å². The molecule has 2 aromatic rings. The number of ketones is 1. The third-order valence-corrected chi connectivity index (χ3v) is 8.69. The Labute approximate surface area is 293 Å². The van der Waals surface area contributed by atoms with Gasteiger partial charge in [0.25, 0.3) is 0 Å². The predicted octanol–water partition coefficient (Wildman–Crippen LogP) is 4.71. The van der Waals surface area contributed by atoms with Crippen molar-refractivity contribution in [2.75, 3.05) is 33.0 Å². The van der Waals surface area contributed by atoms with E-state index in [9.17, 15) is 14.9 Å². The van der Waals surface area contributed by atoms with Gasteiger partial charge in [0.05, 0.1) is 5.56 Å². The molecule has 0 bridgehead atoms. The lowest BCUT2D eigenvalue weighted by Gasteiger charge is -2.25. The van der Waals surface area contributed by atoms with Crippen LogP contribution in [0.2, 0.25) is 0 Å². The number of carbonyl (C=O) groups excluding carboxylic acids is 1. The van der Waals surface area contributed by atoms with Crippen LogP contribution in [0.4, 0.5) is 10.8 Å². The van der Waals surface area contributed by atoms with E-state index in [0.717, 1.165) is 55.9 Å². The predicted molar refractivity (Wildman–Crippen MR) is 197 cm³/mol. The van der Waals surface area contributed by atoms with Crippen LogP contribution in [0.15, 0.2) is 47.3 Å². The number of fused-ring (bicyclic) bond motifs is 1. The van der Waals surface area contributed by atoms with E-state index in [0.29, 0.717) is 47.7 Å². The number of nitrogens with zero attached hydrogens (tertiary/aromatic N) is 5. The minimum absolute atomic E-state index is 0. The van der Waals surface area contributed by atoms with E-state index >= 15 is 0 Å². The summed E-state index contributed by atoms with van der Waals surface area (Å²) in [6.07, 6.45) is 15.8. The number of ether oxygens (including phenoxy) is 1. The molecular weight excluding hydrogens is 645 g/mol. The van der Waals surface area contributed by atoms with Crippen molar-refractivity contribution in [3.8, 4) is 24.8 Å². The maximum atomic E-state index is 14.0. The van der Waals surface area contributed by atoms with E-state index in [4.69, 9.17) is 32.2 Å². The number of allylic oxidation sites excluding steroid dienone is 3. The number of likely N-dealkylation sites (tertiary alicyclic amines) is 1. The van der Waals surface area contributed by atoms with Crippen LogP contribution in [0.3, 0.4) is 0 Å². The minimum Gasteiger partial charge on any atom is -0.477 e. The lowest BCUT2D eigenvalue weighted by molar-refractivity contribution is -0.132. The van der Waals surface area contributed by atoms with Gasteiger partial charge in [-0.05, 0) is 63.8 Å². The molecule has 1 aliphatic heterocycles. The van der Waals surface area contributed by atoms with Gasteiger partial charge in [-0.2, -0.15) is 10.2 Å². The first-order valence-corrected chi connectivity index (χ1v) is 16.0. The topological polar surface area (TPSA) is 227 Å². The molecule has 0 saturated carbocycles. The number of carboxylic acid groups (broad SMARTS) is 1. The van der Waals surface area contributed by atoms with Crippen LogP contribution >= 0.6 is 11.3 Å². The lowest BCUT2D eigenvalue weighted by atomic mass is 9.80. The summed E-state index contributed by atoms with van der Waals surface area (Å²) in [5.74, 6) is -1.92. The van der Waals surface area contributed by atoms with Crippen molar-refractivity contribution in [2.45, 2.75) is 71.3 Å². The monoisotopic (exact) mass is 694 g/mol. The molecule has 2 atom stereocenters. The highest BCUT2D eigenvalue weighted by Crippen LogP contribution is 2.45. The fourth-order valence-corrected chi connectivity index (χ4v) is 6.50. The van der Waals surface area contributed by atoms with Gasteiger partial charge in [0.15, 0.2) is 5.82 Å². The summed E-state index contributed by atoms with van der Waals surface area (Å²) in [4.78, 5) is 41.3. The number of hydrogen-bond donors (Lipinski definition) is 5. The number of rotatable bonds is 11. The molecule has 266 valence electrons. The van der Waals surface area contributed by atoms with E-state index in [1.807, 2.05) is 14.0 Å². The highest BCUT2D eigenvalue weighted by atomic mass is 32.1. The Balaban J connectivity index is 0.00000312. The van der Waals surface area contributed by atoms with Crippen LogP contribution in [0, 0.1) is 24.2 Å². The summed E-state index contributed by atoms with van der Waals surface area (Å²) in [7, 11) is 3.03. The van der Waals surface area contributed by atoms with Crippen LogP contribution < -0.4 is 21.9 Å². The molecule has 2 aliphatic rings. The van der Waals surface area contributed by atoms with Crippen molar-refractivity contribution < 1.29 is 24.5 Å². The number of aliphatic imine (C=N–C) groups is 1. The Hall–Kier alpha value is -5.02. The standard InChI is InChI=1S/C29H36N8O4S.C2H4.C2H2.CH4O.CH4/c1-3-6-18(25(32)17-8-4-9-21-24(17)19(14-30)27(33)42-21)26(38)28-35-22(34-11-10-20(31)29(39)40)13-23(36-28)41-15-16-7-5-12-37(16)2;3*1-2;/h10-11,13,16-17H,3-9,12,15,31-33H2,1-2H3,(H,39,40);1-2H2;1-2H;2H,1H3;1H4/b20-10-,25-18-,34-11+;;;;/t16-,17-;;;;/m0..../s1. The van der Waals surface area contributed by atoms with Crippen molar-refractivity contribution in [3.05, 3.63) is 64.1 Å². The molecule has 49 heavy (non-hydrogen) atoms. The first kappa shape index (κ1) is 44.0. The van der Waals surface area contributed by atoms with Gasteiger partial charge in [0, 0.05) is 47.5 Å². The van der Waals surface area contributed by atoms with E-state index in [1.165, 1.54) is 23.6 Å². The number of aromatic nitrogens is 2. The molecule has 0 amide bonds. The van der Waals surface area contributed by atoms with Crippen LogP contribution in [0.25, 0.3) is 0 Å². The van der Waals surface area contributed by atoms with Crippen molar-refractivity contribution in [1.82, 2.24) is 14.9 Å². The molecule has 0 radical (unpaired) electrons. The van der Waals surface area contributed by atoms with Crippen LogP contribution in [-0.4, -0.2) is 76.4 Å². The number of nitriles is 1. The molecule has 4 rings (SSSR count). The first-order chi connectivity index (χ1) is 23.1. The maximum absolute atomic E-state index is 14.0. The SMILES string of the molecule is C.C#C.C=C.CCC/C(C(=O)c1nc(/N=C/C=C(\N)C(=O)O)cc(OC[C@@H]2CCCN2C)n1)=C(/N)[C@H]1CCCc2sc(N)c(C#N)c21.CO. The second-order valence-electron chi connectivity index (χ2n) is 10.4. The molecule has 3 heterocycles. The zero-order valence-corrected chi connectivity index (χ0v) is 28.6. The Morgan fingerprint density at radius 3 is 2.49 bits per heavy atom. The number of thiophene rings is 1. The summed E-state index contributed by atoms with van der Waals surface area (Å²) < 4.78 is 6.00. The van der Waals surface area contributed by atoms with Gasteiger partial charge in [0.2, 0.25) is 17.5 Å². The Morgan fingerprint density at radius 2 is 1.92 bits per heavy atom. The largest absolute Gasteiger partial charge is 0.477 e. The van der Waals surface area contributed by atoms with Crippen molar-refractivity contribution in [3.63, 3.8) is 0 Å². The number of hydrogen-bond acceptors (Lipinski definition) is 13. The molecular formula is C35H50N8O5S. The normalized spacial score (nSPS) is 17.2. The number of aliphatic hydroxyl groups is 1. The average molecular weight is 695 g/mol. The summed E-state index contributed by atoms with van der Waals surface area (Å²) in [5.41, 5.74) is 20.0. The highest BCUT2D eigenvalue weighted by Gasteiger charge is 2.32. The summed E-state index contributed by atoms with van der Waals surface area (Å²) in [6, 6.07) is 3.92. The fraction of sp³-hybridized carbons (Fsp3) is 0.429. The Morgan fingerprint density at radius 1 is 1.24 bits per heavy atom. The number of aliphatic hydroxyl groups excluding tert-OH is 1. The van der Waals surface area contributed by atoms with Crippen molar-refractivity contribution >= 4 is 40.1 Å². The summed E-state index contributed by atoms with van der Waals surface area (Å²) in [6.45, 7) is 9.30. The third-order valence-electron chi connectivity index (χ3n) is 7.60. The zero-order valence-electron chi connectivity index (χ0n) is 27.8. The summed E-state index contributed by atoms with van der Waals surface area (Å²) in [5, 5.41) is 26.3. The highest BCUT2D eigenvalue weighted by molar-refractivity contribution is 7.16. The molecule has 1 aliphatic carbocycles. The van der Waals surface area contributed by atoms with Gasteiger partial charge in [0.1, 0.15) is 23.4 Å². The average Bonchev–Trinajstić information content (AvgIpc) is 3.68. The molecule has 14 heteroatoms. The smallest absolute Gasteiger partial charge is 0.351 e. The number of likely N-dealkylation sites (N-methyl/N-ethyl adjacent to an activating group) is 1. The Bertz CT molecular complexity index is 1560. The first-order valence-electron chi connectivity index (χ1n) is 15.2. The van der Waals surface area contributed by atoms with Gasteiger partial charge in [-0.3, -0.25) is 4.79 Å². The molecule has 0 unspecified atom stereocenters. The maximum Gasteiger partial charge on any atom is 0.351 e. The second kappa shape index (κ2) is 22.5. The van der Waals surface area contributed by atoms with Crippen molar-refractivity contribution in [2.24, 2.45) is 16.5 Å². The summed E-state index contributed by atoms with van der Waals surface area (Å²) >= 11 is 1.40. The molecule has 0 aromatic carbocycles. The molecule has 8 N–H and O–H groups in total. The number of nitrogen functional groups attached to an aromatic ring is 1. The molecule has 13 nitrogen and oxygen atoms in total. The lowest BCUT2D eigenvalue weighted by Crippen LogP contribution is -2.30. The number of aliphatic carboxylic acids is 1. The number of Topliss-reactive ketones (excluding diaryl/α,β-unsaturated/α-hetero) is 1. The number of anilines is 1. The second-order valence-corrected chi connectivity index (χ2v) is 11.6. The van der Waals surface area contributed by atoms with Crippen LogP contribution in [-0.2, 0) is 11.2 Å². The third kappa shape index (κ3) is 11.6.